The van der Waals surface area contributed by atoms with E-state index in [9.17, 15) is 0 Å². The first kappa shape index (κ1) is 14.9. The molecule has 0 bridgehead atoms. The highest BCUT2D eigenvalue weighted by Crippen LogP contribution is 2.28. The average molecular weight is 326 g/mol. The van der Waals surface area contributed by atoms with E-state index in [1.807, 2.05) is 12.4 Å². The van der Waals surface area contributed by atoms with E-state index in [2.05, 4.69) is 45.7 Å². The molecule has 1 saturated heterocycles. The van der Waals surface area contributed by atoms with E-state index < -0.39 is 0 Å². The van der Waals surface area contributed by atoms with Crippen molar-refractivity contribution in [3.63, 3.8) is 0 Å². The molecule has 2 rings (SSSR count). The lowest BCUT2D eigenvalue weighted by Gasteiger charge is -2.43. The molecule has 2 unspecified atom stereocenters. The van der Waals surface area contributed by atoms with Gasteiger partial charge in [0.25, 0.3) is 0 Å². The van der Waals surface area contributed by atoms with Gasteiger partial charge in [0.05, 0.1) is 0 Å². The van der Waals surface area contributed by atoms with E-state index >= 15 is 0 Å². The second-order valence-corrected chi connectivity index (χ2v) is 6.64. The monoisotopic (exact) mass is 325 g/mol. The second kappa shape index (κ2) is 6.33. The van der Waals surface area contributed by atoms with Crippen molar-refractivity contribution < 1.29 is 0 Å². The van der Waals surface area contributed by atoms with Gasteiger partial charge in [-0.15, -0.1) is 0 Å². The van der Waals surface area contributed by atoms with Gasteiger partial charge in [-0.3, -0.25) is 9.88 Å². The first-order valence-corrected chi connectivity index (χ1v) is 7.95. The Kier molecular flexibility index (Phi) is 4.98. The molecule has 0 saturated carbocycles. The minimum Gasteiger partial charge on any atom is -0.326 e. The van der Waals surface area contributed by atoms with E-state index in [0.717, 1.165) is 17.3 Å². The maximum Gasteiger partial charge on any atom is 0.0410 e. The van der Waals surface area contributed by atoms with Crippen LogP contribution in [0, 0.1) is 0 Å². The van der Waals surface area contributed by atoms with Crippen LogP contribution in [0.3, 0.4) is 0 Å². The normalized spacial score (nSPS) is 21.3. The molecule has 4 heteroatoms. The molecular formula is C15H24BrN3. The van der Waals surface area contributed by atoms with Gasteiger partial charge in [0.2, 0.25) is 0 Å². The summed E-state index contributed by atoms with van der Waals surface area (Å²) >= 11 is 3.47. The van der Waals surface area contributed by atoms with Crippen LogP contribution in [0.2, 0.25) is 0 Å². The molecule has 1 aromatic heterocycles. The predicted molar refractivity (Wildman–Crippen MR) is 83.1 cm³/mol. The number of pyridine rings is 1. The van der Waals surface area contributed by atoms with Gasteiger partial charge in [-0.25, -0.2) is 0 Å². The molecule has 2 N–H and O–H groups in total. The Bertz CT molecular complexity index is 418. The molecule has 0 amide bonds. The summed E-state index contributed by atoms with van der Waals surface area (Å²) in [6.45, 7) is 6.94. The molecular weight excluding hydrogens is 302 g/mol. The first-order valence-electron chi connectivity index (χ1n) is 7.16. The first-order chi connectivity index (χ1) is 9.06. The summed E-state index contributed by atoms with van der Waals surface area (Å²) in [5.41, 5.74) is 7.84. The number of nitrogens with two attached hydrogens (primary N) is 1. The molecule has 106 valence electrons. The van der Waals surface area contributed by atoms with Gasteiger partial charge >= 0.3 is 0 Å². The second-order valence-electron chi connectivity index (χ2n) is 5.73. The number of halogens is 1. The highest BCUT2D eigenvalue weighted by molar-refractivity contribution is 9.10. The van der Waals surface area contributed by atoms with E-state index in [1.54, 1.807) is 0 Å². The number of aromatic nitrogens is 1. The van der Waals surface area contributed by atoms with Crippen LogP contribution >= 0.6 is 15.9 Å². The molecule has 3 nitrogen and oxygen atoms in total. The summed E-state index contributed by atoms with van der Waals surface area (Å²) in [5, 5.41) is 0. The largest absolute Gasteiger partial charge is 0.326 e. The van der Waals surface area contributed by atoms with Gasteiger partial charge in [-0.05, 0) is 73.3 Å². The third-order valence-electron chi connectivity index (χ3n) is 4.56. The highest BCUT2D eigenvalue weighted by atomic mass is 79.9. The zero-order valence-electron chi connectivity index (χ0n) is 11.9. The van der Waals surface area contributed by atoms with Crippen LogP contribution in [-0.4, -0.2) is 34.6 Å². The zero-order valence-corrected chi connectivity index (χ0v) is 13.5. The standard InChI is InChI=1S/C15H24BrN3/c1-3-15(2,19-6-4-5-7-19)14(17)9-12-8-13(16)11-18-10-12/h8,10-11,14H,3-7,9,17H2,1-2H3. The lowest BCUT2D eigenvalue weighted by molar-refractivity contribution is 0.0998. The predicted octanol–water partition coefficient (Wildman–Crippen LogP) is 2.98. The Morgan fingerprint density at radius 1 is 1.42 bits per heavy atom. The molecule has 1 fully saturated rings. The minimum atomic E-state index is 0.0960. The Balaban J connectivity index is 2.09. The van der Waals surface area contributed by atoms with Crippen molar-refractivity contribution >= 4 is 15.9 Å². The van der Waals surface area contributed by atoms with Crippen molar-refractivity contribution in [1.29, 1.82) is 0 Å². The molecule has 2 atom stereocenters. The van der Waals surface area contributed by atoms with Crippen molar-refractivity contribution in [2.75, 3.05) is 13.1 Å². The summed E-state index contributed by atoms with van der Waals surface area (Å²) < 4.78 is 1.02. The SMILES string of the molecule is CCC(C)(C(N)Cc1cncc(Br)c1)N1CCCC1. The van der Waals surface area contributed by atoms with E-state index in [-0.39, 0.29) is 11.6 Å². The van der Waals surface area contributed by atoms with Crippen molar-refractivity contribution in [2.45, 2.75) is 51.1 Å². The fourth-order valence-electron chi connectivity index (χ4n) is 2.99. The topological polar surface area (TPSA) is 42.1 Å². The highest BCUT2D eigenvalue weighted by Gasteiger charge is 2.37. The molecule has 0 spiro atoms. The van der Waals surface area contributed by atoms with Gasteiger partial charge < -0.3 is 5.73 Å². The quantitative estimate of drug-likeness (QED) is 0.904. The summed E-state index contributed by atoms with van der Waals surface area (Å²) in [5.74, 6) is 0. The lowest BCUT2D eigenvalue weighted by Crippen LogP contribution is -2.57. The third-order valence-corrected chi connectivity index (χ3v) is 4.99. The van der Waals surface area contributed by atoms with E-state index in [4.69, 9.17) is 5.73 Å². The molecule has 1 aliphatic rings. The maximum absolute atomic E-state index is 6.54. The van der Waals surface area contributed by atoms with E-state index in [1.165, 1.54) is 31.5 Å². The van der Waals surface area contributed by atoms with Gasteiger partial charge in [-0.1, -0.05) is 6.92 Å². The Morgan fingerprint density at radius 3 is 2.68 bits per heavy atom. The molecule has 0 aromatic carbocycles. The van der Waals surface area contributed by atoms with Gasteiger partial charge in [0.15, 0.2) is 0 Å². The van der Waals surface area contributed by atoms with Crippen molar-refractivity contribution in [3.8, 4) is 0 Å². The summed E-state index contributed by atoms with van der Waals surface area (Å²) in [6.07, 6.45) is 8.32. The molecule has 0 aliphatic carbocycles. The van der Waals surface area contributed by atoms with Crippen LogP contribution in [-0.2, 0) is 6.42 Å². The Hall–Kier alpha value is -0.450. The van der Waals surface area contributed by atoms with Crippen molar-refractivity contribution in [1.82, 2.24) is 9.88 Å². The summed E-state index contributed by atoms with van der Waals surface area (Å²) in [6, 6.07) is 2.26. The maximum atomic E-state index is 6.54. The minimum absolute atomic E-state index is 0.0960. The molecule has 1 aliphatic heterocycles. The number of nitrogens with zero attached hydrogens (tertiary/aromatic N) is 2. The fraction of sp³-hybridized carbons (Fsp3) is 0.667. The summed E-state index contributed by atoms with van der Waals surface area (Å²) in [4.78, 5) is 6.80. The van der Waals surface area contributed by atoms with Crippen LogP contribution in [0.4, 0.5) is 0 Å². The number of rotatable bonds is 5. The van der Waals surface area contributed by atoms with Crippen LogP contribution in [0.25, 0.3) is 0 Å². The van der Waals surface area contributed by atoms with Crippen molar-refractivity contribution in [3.05, 3.63) is 28.5 Å². The molecule has 1 aromatic rings. The smallest absolute Gasteiger partial charge is 0.0410 e. The van der Waals surface area contributed by atoms with Crippen LogP contribution < -0.4 is 5.73 Å². The summed E-state index contributed by atoms with van der Waals surface area (Å²) in [7, 11) is 0. The average Bonchev–Trinajstić information content (AvgIpc) is 2.92. The van der Waals surface area contributed by atoms with Crippen LogP contribution in [0.5, 0.6) is 0 Å². The van der Waals surface area contributed by atoms with Gasteiger partial charge in [0.1, 0.15) is 0 Å². The Morgan fingerprint density at radius 2 is 2.11 bits per heavy atom. The number of likely N-dealkylation sites (tertiary alicyclic amines) is 1. The van der Waals surface area contributed by atoms with Crippen LogP contribution in [0.1, 0.15) is 38.7 Å². The van der Waals surface area contributed by atoms with Gasteiger partial charge in [-0.2, -0.15) is 0 Å². The molecule has 0 radical (unpaired) electrons. The fourth-order valence-corrected chi connectivity index (χ4v) is 3.40. The Labute approximate surface area is 124 Å². The van der Waals surface area contributed by atoms with E-state index in [0.29, 0.717) is 0 Å². The molecule has 2 heterocycles. The molecule has 19 heavy (non-hydrogen) atoms. The van der Waals surface area contributed by atoms with Crippen LogP contribution in [0.15, 0.2) is 22.9 Å². The van der Waals surface area contributed by atoms with Crippen molar-refractivity contribution in [2.24, 2.45) is 5.73 Å². The third kappa shape index (κ3) is 3.36. The number of hydrogen-bond donors (Lipinski definition) is 1. The number of hydrogen-bond acceptors (Lipinski definition) is 3. The lowest BCUT2D eigenvalue weighted by atomic mass is 9.84. The zero-order chi connectivity index (χ0) is 13.9. The van der Waals surface area contributed by atoms with Gasteiger partial charge in [0, 0.05) is 28.4 Å².